The number of ether oxygens (including phenoxy) is 1. The zero-order valence-corrected chi connectivity index (χ0v) is 12.2. The quantitative estimate of drug-likeness (QED) is 0.832. The number of benzene rings is 1. The molecule has 0 saturated heterocycles. The maximum atomic E-state index is 11.4. The monoisotopic (exact) mass is 285 g/mol. The molecule has 1 aromatic carbocycles. The summed E-state index contributed by atoms with van der Waals surface area (Å²) in [5.41, 5.74) is 6.08. The second-order valence-electron chi connectivity index (χ2n) is 4.57. The van der Waals surface area contributed by atoms with Crippen molar-refractivity contribution in [3.63, 3.8) is 0 Å². The summed E-state index contributed by atoms with van der Waals surface area (Å²) in [6.07, 6.45) is 0. The summed E-state index contributed by atoms with van der Waals surface area (Å²) >= 11 is 6.09. The standard InChI is InChI=1S/C13H20ClN3O2/c1-9(15)13(18)16-10-4-5-12(11(14)8-10)19-7-6-17(2)3/h4-5,8-9H,6-7,15H2,1-3H3,(H,16,18). The van der Waals surface area contributed by atoms with Gasteiger partial charge in [-0.15, -0.1) is 0 Å². The minimum atomic E-state index is -0.560. The van der Waals surface area contributed by atoms with E-state index in [1.54, 1.807) is 25.1 Å². The van der Waals surface area contributed by atoms with Gasteiger partial charge in [-0.05, 0) is 39.2 Å². The van der Waals surface area contributed by atoms with Crippen LogP contribution in [-0.2, 0) is 4.79 Å². The van der Waals surface area contributed by atoms with Gasteiger partial charge in [0, 0.05) is 12.2 Å². The van der Waals surface area contributed by atoms with E-state index in [2.05, 4.69) is 5.32 Å². The molecule has 0 aliphatic rings. The molecule has 3 N–H and O–H groups in total. The summed E-state index contributed by atoms with van der Waals surface area (Å²) in [6.45, 7) is 2.98. The molecule has 0 saturated carbocycles. The van der Waals surface area contributed by atoms with E-state index in [0.717, 1.165) is 6.54 Å². The second-order valence-corrected chi connectivity index (χ2v) is 4.98. The van der Waals surface area contributed by atoms with Crippen LogP contribution in [0.4, 0.5) is 5.69 Å². The van der Waals surface area contributed by atoms with Gasteiger partial charge in [-0.1, -0.05) is 11.6 Å². The molecule has 0 bridgehead atoms. The van der Waals surface area contributed by atoms with E-state index >= 15 is 0 Å². The molecular weight excluding hydrogens is 266 g/mol. The van der Waals surface area contributed by atoms with Crippen LogP contribution in [0.3, 0.4) is 0 Å². The predicted molar refractivity (Wildman–Crippen MR) is 77.8 cm³/mol. The third-order valence-electron chi connectivity index (χ3n) is 2.41. The molecule has 0 aliphatic heterocycles. The number of hydrogen-bond donors (Lipinski definition) is 2. The Morgan fingerprint density at radius 3 is 2.74 bits per heavy atom. The fourth-order valence-corrected chi connectivity index (χ4v) is 1.53. The predicted octanol–water partition coefficient (Wildman–Crippen LogP) is 1.57. The van der Waals surface area contributed by atoms with Crippen LogP contribution in [0.25, 0.3) is 0 Å². The van der Waals surface area contributed by atoms with Crippen LogP contribution >= 0.6 is 11.6 Å². The van der Waals surface area contributed by atoms with Gasteiger partial charge in [-0.2, -0.15) is 0 Å². The number of halogens is 1. The number of anilines is 1. The smallest absolute Gasteiger partial charge is 0.240 e. The van der Waals surface area contributed by atoms with Crippen LogP contribution in [0.5, 0.6) is 5.75 Å². The van der Waals surface area contributed by atoms with Gasteiger partial charge in [-0.3, -0.25) is 4.79 Å². The molecule has 106 valence electrons. The Bertz CT molecular complexity index is 436. The Hall–Kier alpha value is -1.30. The third kappa shape index (κ3) is 5.46. The molecule has 0 fully saturated rings. The van der Waals surface area contributed by atoms with Crippen LogP contribution in [0, 0.1) is 0 Å². The lowest BCUT2D eigenvalue weighted by atomic mass is 10.2. The number of likely N-dealkylation sites (N-methyl/N-ethyl adjacent to an activating group) is 1. The van der Waals surface area contributed by atoms with Gasteiger partial charge in [0.05, 0.1) is 11.1 Å². The summed E-state index contributed by atoms with van der Waals surface area (Å²) in [4.78, 5) is 13.5. The van der Waals surface area contributed by atoms with Crippen molar-refractivity contribution >= 4 is 23.2 Å². The zero-order chi connectivity index (χ0) is 14.4. The average molecular weight is 286 g/mol. The van der Waals surface area contributed by atoms with Crippen LogP contribution < -0.4 is 15.8 Å². The first-order valence-electron chi connectivity index (χ1n) is 6.03. The Morgan fingerprint density at radius 1 is 1.53 bits per heavy atom. The Morgan fingerprint density at radius 2 is 2.21 bits per heavy atom. The number of carbonyl (C=O) groups is 1. The van der Waals surface area contributed by atoms with E-state index in [0.29, 0.717) is 23.1 Å². The topological polar surface area (TPSA) is 67.6 Å². The van der Waals surface area contributed by atoms with Crippen molar-refractivity contribution in [1.82, 2.24) is 4.90 Å². The Labute approximate surface area is 118 Å². The first-order valence-corrected chi connectivity index (χ1v) is 6.41. The molecule has 1 atom stereocenters. The van der Waals surface area contributed by atoms with E-state index in [1.807, 2.05) is 19.0 Å². The Balaban J connectivity index is 2.61. The number of nitrogens with one attached hydrogen (secondary N) is 1. The highest BCUT2D eigenvalue weighted by atomic mass is 35.5. The molecule has 1 unspecified atom stereocenters. The molecule has 0 aromatic heterocycles. The lowest BCUT2D eigenvalue weighted by molar-refractivity contribution is -0.117. The highest BCUT2D eigenvalue weighted by Gasteiger charge is 2.09. The van der Waals surface area contributed by atoms with Gasteiger partial charge < -0.3 is 20.7 Å². The first kappa shape index (κ1) is 15.8. The van der Waals surface area contributed by atoms with Gasteiger partial charge in [0.2, 0.25) is 5.91 Å². The van der Waals surface area contributed by atoms with Crippen molar-refractivity contribution in [2.45, 2.75) is 13.0 Å². The summed E-state index contributed by atoms with van der Waals surface area (Å²) in [7, 11) is 3.94. The van der Waals surface area contributed by atoms with Gasteiger partial charge in [0.15, 0.2) is 0 Å². The van der Waals surface area contributed by atoms with Gasteiger partial charge in [0.1, 0.15) is 12.4 Å². The number of nitrogens with two attached hydrogens (primary N) is 1. The highest BCUT2D eigenvalue weighted by Crippen LogP contribution is 2.27. The molecule has 0 heterocycles. The van der Waals surface area contributed by atoms with E-state index in [9.17, 15) is 4.79 Å². The van der Waals surface area contributed by atoms with E-state index in [4.69, 9.17) is 22.1 Å². The molecule has 19 heavy (non-hydrogen) atoms. The maximum absolute atomic E-state index is 11.4. The van der Waals surface area contributed by atoms with Gasteiger partial charge in [0.25, 0.3) is 0 Å². The molecular formula is C13H20ClN3O2. The minimum absolute atomic E-state index is 0.252. The largest absolute Gasteiger partial charge is 0.491 e. The molecule has 6 heteroatoms. The normalized spacial score (nSPS) is 12.3. The van der Waals surface area contributed by atoms with Crippen molar-refractivity contribution in [1.29, 1.82) is 0 Å². The Kier molecular flexibility index (Phi) is 6.08. The second kappa shape index (κ2) is 7.33. The van der Waals surface area contributed by atoms with Gasteiger partial charge >= 0.3 is 0 Å². The number of nitrogens with zero attached hydrogens (tertiary/aromatic N) is 1. The van der Waals surface area contributed by atoms with Gasteiger partial charge in [-0.25, -0.2) is 0 Å². The van der Waals surface area contributed by atoms with E-state index < -0.39 is 6.04 Å². The van der Waals surface area contributed by atoms with E-state index in [-0.39, 0.29) is 5.91 Å². The molecule has 1 rings (SSSR count). The zero-order valence-electron chi connectivity index (χ0n) is 11.4. The number of rotatable bonds is 6. The third-order valence-corrected chi connectivity index (χ3v) is 2.70. The molecule has 5 nitrogen and oxygen atoms in total. The summed E-state index contributed by atoms with van der Waals surface area (Å²) in [5.74, 6) is 0.347. The molecule has 1 amide bonds. The minimum Gasteiger partial charge on any atom is -0.491 e. The van der Waals surface area contributed by atoms with Crippen LogP contribution in [0.1, 0.15) is 6.92 Å². The maximum Gasteiger partial charge on any atom is 0.240 e. The molecule has 0 aliphatic carbocycles. The lowest BCUT2D eigenvalue weighted by Crippen LogP contribution is -2.32. The molecule has 1 aromatic rings. The highest BCUT2D eigenvalue weighted by molar-refractivity contribution is 6.32. The van der Waals surface area contributed by atoms with E-state index in [1.165, 1.54) is 0 Å². The van der Waals surface area contributed by atoms with Crippen molar-refractivity contribution in [3.05, 3.63) is 23.2 Å². The van der Waals surface area contributed by atoms with Crippen molar-refractivity contribution in [3.8, 4) is 5.75 Å². The molecule has 0 radical (unpaired) electrons. The summed E-state index contributed by atoms with van der Waals surface area (Å²) < 4.78 is 5.54. The van der Waals surface area contributed by atoms with Crippen molar-refractivity contribution in [2.75, 3.05) is 32.6 Å². The van der Waals surface area contributed by atoms with Crippen molar-refractivity contribution < 1.29 is 9.53 Å². The fraction of sp³-hybridized carbons (Fsp3) is 0.462. The summed E-state index contributed by atoms with van der Waals surface area (Å²) in [6, 6.07) is 4.55. The summed E-state index contributed by atoms with van der Waals surface area (Å²) in [5, 5.41) is 3.13. The van der Waals surface area contributed by atoms with Crippen LogP contribution in [0.2, 0.25) is 5.02 Å². The van der Waals surface area contributed by atoms with Crippen LogP contribution in [0.15, 0.2) is 18.2 Å². The lowest BCUT2D eigenvalue weighted by Gasteiger charge is -2.13. The molecule has 0 spiro atoms. The number of carbonyl (C=O) groups excluding carboxylic acids is 1. The van der Waals surface area contributed by atoms with Crippen molar-refractivity contribution in [2.24, 2.45) is 5.73 Å². The average Bonchev–Trinajstić information content (AvgIpc) is 2.31. The first-order chi connectivity index (χ1) is 8.90. The van der Waals surface area contributed by atoms with Crippen LogP contribution in [-0.4, -0.2) is 44.1 Å². The SMILES string of the molecule is CC(N)C(=O)Nc1ccc(OCCN(C)C)c(Cl)c1. The number of hydrogen-bond acceptors (Lipinski definition) is 4. The fourth-order valence-electron chi connectivity index (χ4n) is 1.29. The number of amides is 1.